The van der Waals surface area contributed by atoms with E-state index in [0.29, 0.717) is 5.88 Å². The Morgan fingerprint density at radius 1 is 1.53 bits per heavy atom. The monoisotopic (exact) mass is 209 g/mol. The van der Waals surface area contributed by atoms with E-state index in [1.54, 1.807) is 0 Å². The molecule has 0 amide bonds. The van der Waals surface area contributed by atoms with Gasteiger partial charge >= 0.3 is 0 Å². The Morgan fingerprint density at radius 3 is 3.07 bits per heavy atom. The minimum absolute atomic E-state index is 0.711. The summed E-state index contributed by atoms with van der Waals surface area (Å²) >= 11 is 0. The van der Waals surface area contributed by atoms with E-state index in [1.165, 1.54) is 19.3 Å². The predicted octanol–water partition coefficient (Wildman–Crippen LogP) is 1.63. The summed E-state index contributed by atoms with van der Waals surface area (Å²) in [4.78, 5) is 0. The van der Waals surface area contributed by atoms with E-state index in [4.69, 9.17) is 4.74 Å². The SMILES string of the molecule is Cc1cc(OCCCCNC2CC2)n[nH]1. The van der Waals surface area contributed by atoms with Gasteiger partial charge < -0.3 is 10.1 Å². The fraction of sp³-hybridized carbons (Fsp3) is 0.727. The number of nitrogens with zero attached hydrogens (tertiary/aromatic N) is 1. The first-order valence-corrected chi connectivity index (χ1v) is 5.73. The zero-order chi connectivity index (χ0) is 10.5. The maximum Gasteiger partial charge on any atom is 0.232 e. The van der Waals surface area contributed by atoms with Gasteiger partial charge in [0.25, 0.3) is 0 Å². The fourth-order valence-electron chi connectivity index (χ4n) is 1.46. The molecule has 0 atom stereocenters. The van der Waals surface area contributed by atoms with Crippen molar-refractivity contribution in [3.05, 3.63) is 11.8 Å². The van der Waals surface area contributed by atoms with Crippen LogP contribution in [0.3, 0.4) is 0 Å². The number of unbranched alkanes of at least 4 members (excludes halogenated alkanes) is 1. The largest absolute Gasteiger partial charge is 0.477 e. The van der Waals surface area contributed by atoms with E-state index in [9.17, 15) is 0 Å². The average molecular weight is 209 g/mol. The molecule has 1 fully saturated rings. The van der Waals surface area contributed by atoms with Gasteiger partial charge in [-0.25, -0.2) is 0 Å². The molecule has 0 aromatic carbocycles. The molecule has 2 N–H and O–H groups in total. The van der Waals surface area contributed by atoms with E-state index < -0.39 is 0 Å². The number of aromatic nitrogens is 2. The Labute approximate surface area is 90.4 Å². The summed E-state index contributed by atoms with van der Waals surface area (Å²) in [6.45, 7) is 3.85. The van der Waals surface area contributed by atoms with E-state index in [-0.39, 0.29) is 0 Å². The molecule has 1 heterocycles. The molecule has 84 valence electrons. The maximum atomic E-state index is 5.48. The Bertz CT molecular complexity index is 294. The highest BCUT2D eigenvalue weighted by molar-refractivity contribution is 5.11. The number of hydrogen-bond acceptors (Lipinski definition) is 3. The molecule has 15 heavy (non-hydrogen) atoms. The number of rotatable bonds is 7. The summed E-state index contributed by atoms with van der Waals surface area (Å²) < 4.78 is 5.48. The summed E-state index contributed by atoms with van der Waals surface area (Å²) in [5.74, 6) is 0.711. The first-order valence-electron chi connectivity index (χ1n) is 5.73. The second-order valence-corrected chi connectivity index (χ2v) is 4.17. The molecule has 4 nitrogen and oxygen atoms in total. The molecule has 0 radical (unpaired) electrons. The molecule has 0 saturated heterocycles. The van der Waals surface area contributed by atoms with Crippen LogP contribution < -0.4 is 10.1 Å². The first kappa shape index (κ1) is 10.5. The quantitative estimate of drug-likeness (QED) is 0.671. The first-order chi connectivity index (χ1) is 7.34. The van der Waals surface area contributed by atoms with Gasteiger partial charge in [-0.3, -0.25) is 5.10 Å². The lowest BCUT2D eigenvalue weighted by atomic mass is 10.3. The highest BCUT2D eigenvalue weighted by Crippen LogP contribution is 2.18. The van der Waals surface area contributed by atoms with Crippen molar-refractivity contribution < 1.29 is 4.74 Å². The lowest BCUT2D eigenvalue weighted by Crippen LogP contribution is -2.17. The Kier molecular flexibility index (Phi) is 3.61. The number of aromatic amines is 1. The van der Waals surface area contributed by atoms with Crippen LogP contribution in [0.15, 0.2) is 6.07 Å². The van der Waals surface area contributed by atoms with E-state index in [0.717, 1.165) is 31.3 Å². The minimum atomic E-state index is 0.711. The molecule has 1 aromatic rings. The number of ether oxygens (including phenoxy) is 1. The second kappa shape index (κ2) is 5.16. The summed E-state index contributed by atoms with van der Waals surface area (Å²) in [7, 11) is 0. The summed E-state index contributed by atoms with van der Waals surface area (Å²) in [5, 5.41) is 10.3. The number of H-pyrrole nitrogens is 1. The summed E-state index contributed by atoms with van der Waals surface area (Å²) in [6.07, 6.45) is 5.00. The van der Waals surface area contributed by atoms with Crippen LogP contribution in [0.1, 0.15) is 31.4 Å². The molecule has 2 rings (SSSR count). The topological polar surface area (TPSA) is 49.9 Å². The van der Waals surface area contributed by atoms with Crippen molar-refractivity contribution in [3.8, 4) is 5.88 Å². The Hall–Kier alpha value is -1.03. The third-order valence-corrected chi connectivity index (χ3v) is 2.51. The van der Waals surface area contributed by atoms with Crippen LogP contribution >= 0.6 is 0 Å². The van der Waals surface area contributed by atoms with Crippen molar-refractivity contribution >= 4 is 0 Å². The van der Waals surface area contributed by atoms with Crippen molar-refractivity contribution in [1.82, 2.24) is 15.5 Å². The van der Waals surface area contributed by atoms with Crippen LogP contribution in [-0.2, 0) is 0 Å². The molecule has 0 bridgehead atoms. The van der Waals surface area contributed by atoms with Crippen molar-refractivity contribution in [3.63, 3.8) is 0 Å². The smallest absolute Gasteiger partial charge is 0.232 e. The van der Waals surface area contributed by atoms with Gasteiger partial charge in [-0.15, -0.1) is 5.10 Å². The third kappa shape index (κ3) is 3.91. The van der Waals surface area contributed by atoms with Crippen molar-refractivity contribution in [1.29, 1.82) is 0 Å². The minimum Gasteiger partial charge on any atom is -0.477 e. The zero-order valence-corrected chi connectivity index (χ0v) is 9.25. The lowest BCUT2D eigenvalue weighted by Gasteiger charge is -2.03. The predicted molar refractivity (Wildman–Crippen MR) is 59.1 cm³/mol. The van der Waals surface area contributed by atoms with Crippen molar-refractivity contribution in [2.24, 2.45) is 0 Å². The van der Waals surface area contributed by atoms with Crippen LogP contribution in [0, 0.1) is 6.92 Å². The van der Waals surface area contributed by atoms with Crippen LogP contribution in [0.5, 0.6) is 5.88 Å². The van der Waals surface area contributed by atoms with Gasteiger partial charge in [0.1, 0.15) is 0 Å². The van der Waals surface area contributed by atoms with Gasteiger partial charge in [0, 0.05) is 17.8 Å². The van der Waals surface area contributed by atoms with Crippen LogP contribution in [0.4, 0.5) is 0 Å². The molecule has 1 aliphatic rings. The van der Waals surface area contributed by atoms with Crippen LogP contribution in [-0.4, -0.2) is 29.4 Å². The highest BCUT2D eigenvalue weighted by atomic mass is 16.5. The van der Waals surface area contributed by atoms with Crippen molar-refractivity contribution in [2.75, 3.05) is 13.2 Å². The molecule has 1 aliphatic carbocycles. The molecule has 4 heteroatoms. The molecule has 0 spiro atoms. The molecule has 0 unspecified atom stereocenters. The number of aryl methyl sites for hydroxylation is 1. The fourth-order valence-corrected chi connectivity index (χ4v) is 1.46. The van der Waals surface area contributed by atoms with Gasteiger partial charge in [0.2, 0.25) is 5.88 Å². The molecular formula is C11H19N3O. The molecule has 1 aromatic heterocycles. The third-order valence-electron chi connectivity index (χ3n) is 2.51. The van der Waals surface area contributed by atoms with E-state index in [2.05, 4.69) is 15.5 Å². The lowest BCUT2D eigenvalue weighted by molar-refractivity contribution is 0.294. The summed E-state index contributed by atoms with van der Waals surface area (Å²) in [6, 6.07) is 2.74. The molecular weight excluding hydrogens is 190 g/mol. The number of nitrogens with one attached hydrogen (secondary N) is 2. The van der Waals surface area contributed by atoms with Crippen LogP contribution in [0.25, 0.3) is 0 Å². The maximum absolute atomic E-state index is 5.48. The zero-order valence-electron chi connectivity index (χ0n) is 9.25. The Morgan fingerprint density at radius 2 is 2.40 bits per heavy atom. The molecule has 0 aliphatic heterocycles. The molecule has 1 saturated carbocycles. The van der Waals surface area contributed by atoms with Crippen molar-refractivity contribution in [2.45, 2.75) is 38.6 Å². The Balaban J connectivity index is 1.47. The van der Waals surface area contributed by atoms with Gasteiger partial charge in [-0.1, -0.05) is 0 Å². The van der Waals surface area contributed by atoms with E-state index >= 15 is 0 Å². The standard InChI is InChI=1S/C11H19N3O/c1-9-8-11(14-13-9)15-7-3-2-6-12-10-4-5-10/h8,10,12H,2-7H2,1H3,(H,13,14). The average Bonchev–Trinajstić information content (AvgIpc) is 2.95. The van der Waals surface area contributed by atoms with Gasteiger partial charge in [0.15, 0.2) is 0 Å². The van der Waals surface area contributed by atoms with Gasteiger partial charge in [0.05, 0.1) is 6.61 Å². The highest BCUT2D eigenvalue weighted by Gasteiger charge is 2.19. The van der Waals surface area contributed by atoms with E-state index in [1.807, 2.05) is 13.0 Å². The second-order valence-electron chi connectivity index (χ2n) is 4.17. The normalized spacial score (nSPS) is 15.5. The van der Waals surface area contributed by atoms with Gasteiger partial charge in [-0.2, -0.15) is 0 Å². The van der Waals surface area contributed by atoms with Crippen LogP contribution in [0.2, 0.25) is 0 Å². The number of hydrogen-bond donors (Lipinski definition) is 2. The van der Waals surface area contributed by atoms with Gasteiger partial charge in [-0.05, 0) is 39.2 Å². The summed E-state index contributed by atoms with van der Waals surface area (Å²) in [5.41, 5.74) is 1.04.